The highest BCUT2D eigenvalue weighted by Crippen LogP contribution is 2.31. The zero-order valence-electron chi connectivity index (χ0n) is 9.55. The Morgan fingerprint density at radius 3 is 2.74 bits per heavy atom. The van der Waals surface area contributed by atoms with Crippen molar-refractivity contribution in [1.29, 1.82) is 0 Å². The second kappa shape index (κ2) is 6.49. The van der Waals surface area contributed by atoms with Crippen LogP contribution in [0.2, 0.25) is 0 Å². The molecule has 0 aliphatic carbocycles. The average molecular weight is 404 g/mol. The number of aromatic nitrogens is 1. The zero-order chi connectivity index (χ0) is 13.8. The Bertz CT molecular complexity index is 622. The predicted octanol–water partition coefficient (Wildman–Crippen LogP) is 4.81. The summed E-state index contributed by atoms with van der Waals surface area (Å²) in [6, 6.07) is 8.90. The Labute approximate surface area is 131 Å². The van der Waals surface area contributed by atoms with Gasteiger partial charge in [-0.25, -0.2) is 4.98 Å². The third-order valence-corrected chi connectivity index (χ3v) is 4.96. The van der Waals surface area contributed by atoms with E-state index in [1.54, 1.807) is 18.3 Å². The summed E-state index contributed by atoms with van der Waals surface area (Å²) in [6.45, 7) is 0. The van der Waals surface area contributed by atoms with Gasteiger partial charge in [-0.15, -0.1) is 11.8 Å². The van der Waals surface area contributed by atoms with Crippen LogP contribution in [-0.2, 0) is 5.75 Å². The van der Waals surface area contributed by atoms with Crippen molar-refractivity contribution in [2.75, 3.05) is 0 Å². The lowest BCUT2D eigenvalue weighted by molar-refractivity contribution is -0.385. The second-order valence-corrected chi connectivity index (χ2v) is 6.29. The van der Waals surface area contributed by atoms with E-state index in [4.69, 9.17) is 0 Å². The molecule has 0 unspecified atom stereocenters. The fourth-order valence-electron chi connectivity index (χ4n) is 1.42. The normalized spacial score (nSPS) is 10.4. The lowest BCUT2D eigenvalue weighted by atomic mass is 10.2. The summed E-state index contributed by atoms with van der Waals surface area (Å²) in [5.41, 5.74) is 0.968. The molecular formula is C12H8Br2N2O2S. The third kappa shape index (κ3) is 3.77. The number of pyridine rings is 1. The molecule has 2 aromatic rings. The van der Waals surface area contributed by atoms with Gasteiger partial charge >= 0.3 is 0 Å². The summed E-state index contributed by atoms with van der Waals surface area (Å²) < 4.78 is 1.41. The highest BCUT2D eigenvalue weighted by molar-refractivity contribution is 9.10. The molecule has 1 aromatic heterocycles. The van der Waals surface area contributed by atoms with Gasteiger partial charge in [-0.2, -0.15) is 0 Å². The highest BCUT2D eigenvalue weighted by atomic mass is 79.9. The molecule has 0 spiro atoms. The summed E-state index contributed by atoms with van der Waals surface area (Å²) in [6.07, 6.45) is 1.72. The quantitative estimate of drug-likeness (QED) is 0.417. The van der Waals surface area contributed by atoms with E-state index < -0.39 is 4.92 Å². The van der Waals surface area contributed by atoms with Crippen molar-refractivity contribution in [2.45, 2.75) is 10.8 Å². The molecular weight excluding hydrogens is 396 g/mol. The molecule has 0 atom stereocenters. The molecule has 1 aromatic carbocycles. The number of hydrogen-bond donors (Lipinski definition) is 0. The Morgan fingerprint density at radius 2 is 2.05 bits per heavy atom. The third-order valence-electron chi connectivity index (χ3n) is 2.31. The van der Waals surface area contributed by atoms with Crippen molar-refractivity contribution in [3.63, 3.8) is 0 Å². The smallest absolute Gasteiger partial charge is 0.258 e. The van der Waals surface area contributed by atoms with Crippen LogP contribution < -0.4 is 0 Å². The van der Waals surface area contributed by atoms with Crippen molar-refractivity contribution < 1.29 is 4.92 Å². The van der Waals surface area contributed by atoms with Gasteiger partial charge in [-0.1, -0.05) is 6.07 Å². The van der Waals surface area contributed by atoms with Crippen molar-refractivity contribution in [2.24, 2.45) is 0 Å². The highest BCUT2D eigenvalue weighted by Gasteiger charge is 2.12. The molecule has 98 valence electrons. The van der Waals surface area contributed by atoms with E-state index in [9.17, 15) is 10.1 Å². The van der Waals surface area contributed by atoms with Crippen LogP contribution in [0, 0.1) is 10.1 Å². The monoisotopic (exact) mass is 402 g/mol. The van der Waals surface area contributed by atoms with E-state index in [-0.39, 0.29) is 5.69 Å². The molecule has 0 saturated heterocycles. The number of nitro benzene ring substituents is 1. The predicted molar refractivity (Wildman–Crippen MR) is 82.3 cm³/mol. The first-order valence-corrected chi connectivity index (χ1v) is 7.81. The topological polar surface area (TPSA) is 56.0 Å². The van der Waals surface area contributed by atoms with E-state index in [0.717, 1.165) is 15.1 Å². The van der Waals surface area contributed by atoms with Crippen molar-refractivity contribution in [1.82, 2.24) is 4.98 Å². The summed E-state index contributed by atoms with van der Waals surface area (Å²) >= 11 is 8.12. The number of nitrogens with zero attached hydrogens (tertiary/aromatic N) is 2. The first kappa shape index (κ1) is 14.5. The molecule has 0 aliphatic heterocycles. The molecule has 0 N–H and O–H groups in total. The number of thioether (sulfide) groups is 1. The number of rotatable bonds is 4. The van der Waals surface area contributed by atoms with Gasteiger partial charge < -0.3 is 0 Å². The fourth-order valence-corrected chi connectivity index (χ4v) is 3.23. The van der Waals surface area contributed by atoms with Crippen LogP contribution in [0.1, 0.15) is 5.56 Å². The fraction of sp³-hybridized carbons (Fsp3) is 0.0833. The second-order valence-electron chi connectivity index (χ2n) is 3.62. The molecule has 0 saturated carbocycles. The van der Waals surface area contributed by atoms with Crippen LogP contribution in [0.3, 0.4) is 0 Å². The van der Waals surface area contributed by atoms with Crippen molar-refractivity contribution in [3.8, 4) is 0 Å². The summed E-state index contributed by atoms with van der Waals surface area (Å²) in [5.74, 6) is 0.629. The van der Waals surface area contributed by atoms with Gasteiger partial charge in [-0.3, -0.25) is 10.1 Å². The van der Waals surface area contributed by atoms with Crippen molar-refractivity contribution >= 4 is 49.3 Å². The Hall–Kier alpha value is -0.920. The van der Waals surface area contributed by atoms with Gasteiger partial charge in [0.2, 0.25) is 0 Å². The molecule has 19 heavy (non-hydrogen) atoms. The Morgan fingerprint density at radius 1 is 1.26 bits per heavy atom. The minimum Gasteiger partial charge on any atom is -0.258 e. The van der Waals surface area contributed by atoms with E-state index >= 15 is 0 Å². The van der Waals surface area contributed by atoms with Gasteiger partial charge in [0.25, 0.3) is 5.69 Å². The standard InChI is InChI=1S/C12H8Br2N2O2S/c13-9-4-3-8(6-11(9)16(17)18)7-19-12-10(14)2-1-5-15-12/h1-6H,7H2. The molecule has 2 rings (SSSR count). The molecule has 0 radical (unpaired) electrons. The lowest BCUT2D eigenvalue weighted by Crippen LogP contribution is -1.91. The van der Waals surface area contributed by atoms with Crippen LogP contribution >= 0.6 is 43.6 Å². The maximum atomic E-state index is 10.9. The zero-order valence-corrected chi connectivity index (χ0v) is 13.5. The average Bonchev–Trinajstić information content (AvgIpc) is 2.39. The molecule has 7 heteroatoms. The number of benzene rings is 1. The SMILES string of the molecule is O=[N+]([O-])c1cc(CSc2ncccc2Br)ccc1Br. The minimum atomic E-state index is -0.394. The summed E-state index contributed by atoms with van der Waals surface area (Å²) in [4.78, 5) is 14.7. The molecule has 0 fully saturated rings. The van der Waals surface area contributed by atoms with E-state index in [0.29, 0.717) is 10.2 Å². The molecule has 4 nitrogen and oxygen atoms in total. The number of halogens is 2. The molecule has 0 bridgehead atoms. The number of hydrogen-bond acceptors (Lipinski definition) is 4. The van der Waals surface area contributed by atoms with Gasteiger partial charge in [0.1, 0.15) is 5.03 Å². The molecule has 0 amide bonds. The van der Waals surface area contributed by atoms with Crippen LogP contribution in [0.25, 0.3) is 0 Å². The van der Waals surface area contributed by atoms with Crippen LogP contribution in [0.4, 0.5) is 5.69 Å². The summed E-state index contributed by atoms with van der Waals surface area (Å²) in [5, 5.41) is 11.7. The maximum Gasteiger partial charge on any atom is 0.283 e. The molecule has 1 heterocycles. The van der Waals surface area contributed by atoms with Crippen LogP contribution in [-0.4, -0.2) is 9.91 Å². The lowest BCUT2D eigenvalue weighted by Gasteiger charge is -2.04. The largest absolute Gasteiger partial charge is 0.283 e. The van der Waals surface area contributed by atoms with E-state index in [2.05, 4.69) is 36.8 Å². The van der Waals surface area contributed by atoms with Crippen LogP contribution in [0.15, 0.2) is 50.5 Å². The van der Waals surface area contributed by atoms with E-state index in [1.165, 1.54) is 11.8 Å². The van der Waals surface area contributed by atoms with Gasteiger partial charge in [-0.05, 0) is 55.6 Å². The van der Waals surface area contributed by atoms with Gasteiger partial charge in [0, 0.05) is 22.5 Å². The maximum absolute atomic E-state index is 10.9. The first-order valence-electron chi connectivity index (χ1n) is 5.24. The van der Waals surface area contributed by atoms with E-state index in [1.807, 2.05) is 18.2 Å². The number of nitro groups is 1. The first-order chi connectivity index (χ1) is 9.08. The van der Waals surface area contributed by atoms with Gasteiger partial charge in [0.15, 0.2) is 0 Å². The molecule has 0 aliphatic rings. The Balaban J connectivity index is 2.14. The van der Waals surface area contributed by atoms with Gasteiger partial charge in [0.05, 0.1) is 9.40 Å². The minimum absolute atomic E-state index is 0.0817. The Kier molecular flexibility index (Phi) is 4.95. The summed E-state index contributed by atoms with van der Waals surface area (Å²) in [7, 11) is 0. The van der Waals surface area contributed by atoms with Crippen LogP contribution in [0.5, 0.6) is 0 Å². The van der Waals surface area contributed by atoms with Crippen molar-refractivity contribution in [3.05, 3.63) is 61.2 Å².